The van der Waals surface area contributed by atoms with Crippen LogP contribution < -0.4 is 0 Å². The fourth-order valence-corrected chi connectivity index (χ4v) is 4.04. The highest BCUT2D eigenvalue weighted by Gasteiger charge is 2.03. The van der Waals surface area contributed by atoms with Gasteiger partial charge in [0.15, 0.2) is 0 Å². The van der Waals surface area contributed by atoms with Crippen molar-refractivity contribution in [1.82, 2.24) is 4.90 Å². The zero-order chi connectivity index (χ0) is 20.5. The van der Waals surface area contributed by atoms with Gasteiger partial charge in [0.25, 0.3) is 0 Å². The Labute approximate surface area is 179 Å². The van der Waals surface area contributed by atoms with Crippen LogP contribution in [0.5, 0.6) is 0 Å². The Bertz CT molecular complexity index is 293. The van der Waals surface area contributed by atoms with Crippen LogP contribution in [-0.4, -0.2) is 24.5 Å². The van der Waals surface area contributed by atoms with E-state index in [9.17, 15) is 0 Å². The fourth-order valence-electron chi connectivity index (χ4n) is 4.04. The lowest BCUT2D eigenvalue weighted by atomic mass is 10.1. The molecule has 0 aromatic heterocycles. The van der Waals surface area contributed by atoms with Gasteiger partial charge in [-0.15, -0.1) is 6.42 Å². The molecule has 0 aliphatic rings. The smallest absolute Gasteiger partial charge is 0.0598 e. The molecule has 0 aromatic carbocycles. The summed E-state index contributed by atoms with van der Waals surface area (Å²) in [7, 11) is 0. The molecular formula is C27H53N. The van der Waals surface area contributed by atoms with Crippen LogP contribution in [0.1, 0.15) is 142 Å². The van der Waals surface area contributed by atoms with E-state index in [1.54, 1.807) is 0 Å². The first-order valence-electron chi connectivity index (χ1n) is 13.0. The SMILES string of the molecule is C#CCN(CCCCCCCCCCCC)CCCCCCCCCCCC. The van der Waals surface area contributed by atoms with Crippen LogP contribution in [-0.2, 0) is 0 Å². The number of hydrogen-bond acceptors (Lipinski definition) is 1. The third-order valence-electron chi connectivity index (χ3n) is 5.97. The Hall–Kier alpha value is -0.480. The molecule has 0 saturated carbocycles. The maximum Gasteiger partial charge on any atom is 0.0598 e. The van der Waals surface area contributed by atoms with Crippen molar-refractivity contribution < 1.29 is 0 Å². The summed E-state index contributed by atoms with van der Waals surface area (Å²) in [6, 6.07) is 0. The summed E-state index contributed by atoms with van der Waals surface area (Å²) in [5.74, 6) is 2.86. The summed E-state index contributed by atoms with van der Waals surface area (Å²) in [5.41, 5.74) is 0. The normalized spacial score (nSPS) is 11.2. The van der Waals surface area contributed by atoms with Gasteiger partial charge in [0.2, 0.25) is 0 Å². The van der Waals surface area contributed by atoms with Crippen LogP contribution >= 0.6 is 0 Å². The van der Waals surface area contributed by atoms with E-state index in [1.807, 2.05) is 0 Å². The third kappa shape index (κ3) is 21.8. The quantitative estimate of drug-likeness (QED) is 0.124. The molecule has 0 bridgehead atoms. The molecule has 28 heavy (non-hydrogen) atoms. The third-order valence-corrected chi connectivity index (χ3v) is 5.97. The summed E-state index contributed by atoms with van der Waals surface area (Å²) < 4.78 is 0. The fraction of sp³-hybridized carbons (Fsp3) is 0.926. The van der Waals surface area contributed by atoms with E-state index in [0.717, 1.165) is 6.54 Å². The van der Waals surface area contributed by atoms with Crippen molar-refractivity contribution in [2.45, 2.75) is 142 Å². The molecule has 0 aromatic rings. The lowest BCUT2D eigenvalue weighted by Crippen LogP contribution is -2.26. The highest BCUT2D eigenvalue weighted by atomic mass is 15.1. The molecule has 0 aliphatic heterocycles. The first-order chi connectivity index (χ1) is 13.8. The lowest BCUT2D eigenvalue weighted by Gasteiger charge is -2.19. The zero-order valence-electron chi connectivity index (χ0n) is 19.8. The standard InChI is InChI=1S/C27H53N/c1-4-7-9-11-13-15-17-19-21-23-26-28(25-6-3)27-24-22-20-18-16-14-12-10-8-5-2/h3H,4-5,7-27H2,1-2H3. The molecule has 0 spiro atoms. The molecule has 0 aliphatic carbocycles. The van der Waals surface area contributed by atoms with E-state index >= 15 is 0 Å². The van der Waals surface area contributed by atoms with Gasteiger partial charge in [0.05, 0.1) is 6.54 Å². The predicted octanol–water partition coefficient (Wildman–Crippen LogP) is 8.76. The monoisotopic (exact) mass is 391 g/mol. The van der Waals surface area contributed by atoms with Gasteiger partial charge in [0.1, 0.15) is 0 Å². The highest BCUT2D eigenvalue weighted by molar-refractivity contribution is 4.88. The molecule has 0 atom stereocenters. The molecule has 0 fully saturated rings. The van der Waals surface area contributed by atoms with Gasteiger partial charge in [-0.1, -0.05) is 135 Å². The largest absolute Gasteiger partial charge is 0.292 e. The molecule has 0 heterocycles. The van der Waals surface area contributed by atoms with Crippen LogP contribution in [0.2, 0.25) is 0 Å². The minimum atomic E-state index is 0.842. The van der Waals surface area contributed by atoms with E-state index in [2.05, 4.69) is 24.7 Å². The molecule has 0 amide bonds. The van der Waals surface area contributed by atoms with Gasteiger partial charge in [-0.05, 0) is 25.9 Å². The van der Waals surface area contributed by atoms with Crippen molar-refractivity contribution >= 4 is 0 Å². The van der Waals surface area contributed by atoms with Gasteiger partial charge in [-0.2, -0.15) is 0 Å². The topological polar surface area (TPSA) is 3.24 Å². The maximum absolute atomic E-state index is 5.58. The van der Waals surface area contributed by atoms with Crippen molar-refractivity contribution in [2.24, 2.45) is 0 Å². The first-order valence-corrected chi connectivity index (χ1v) is 13.0. The molecule has 0 N–H and O–H groups in total. The van der Waals surface area contributed by atoms with E-state index in [-0.39, 0.29) is 0 Å². The maximum atomic E-state index is 5.58. The highest BCUT2D eigenvalue weighted by Crippen LogP contribution is 2.12. The van der Waals surface area contributed by atoms with Gasteiger partial charge in [0, 0.05) is 0 Å². The van der Waals surface area contributed by atoms with Gasteiger partial charge in [-0.3, -0.25) is 4.90 Å². The Morgan fingerprint density at radius 1 is 0.464 bits per heavy atom. The lowest BCUT2D eigenvalue weighted by molar-refractivity contribution is 0.290. The van der Waals surface area contributed by atoms with Gasteiger partial charge >= 0.3 is 0 Å². The van der Waals surface area contributed by atoms with Gasteiger partial charge < -0.3 is 0 Å². The summed E-state index contributed by atoms with van der Waals surface area (Å²) in [6.07, 6.45) is 33.8. The summed E-state index contributed by atoms with van der Waals surface area (Å²) >= 11 is 0. The molecule has 166 valence electrons. The minimum Gasteiger partial charge on any atom is -0.292 e. The summed E-state index contributed by atoms with van der Waals surface area (Å²) in [5, 5.41) is 0. The Morgan fingerprint density at radius 2 is 0.750 bits per heavy atom. The van der Waals surface area contributed by atoms with Crippen molar-refractivity contribution in [3.63, 3.8) is 0 Å². The predicted molar refractivity (Wildman–Crippen MR) is 129 cm³/mol. The number of terminal acetylenes is 1. The molecular weight excluding hydrogens is 338 g/mol. The van der Waals surface area contributed by atoms with Crippen LogP contribution in [0.4, 0.5) is 0 Å². The molecule has 1 nitrogen and oxygen atoms in total. The molecule has 0 unspecified atom stereocenters. The van der Waals surface area contributed by atoms with Crippen molar-refractivity contribution in [3.05, 3.63) is 0 Å². The van der Waals surface area contributed by atoms with Crippen LogP contribution in [0, 0.1) is 12.3 Å². The molecule has 0 radical (unpaired) electrons. The second-order valence-corrected chi connectivity index (χ2v) is 8.84. The second kappa shape index (κ2) is 24.6. The second-order valence-electron chi connectivity index (χ2n) is 8.84. The van der Waals surface area contributed by atoms with Crippen molar-refractivity contribution in [1.29, 1.82) is 0 Å². The average Bonchev–Trinajstić information content (AvgIpc) is 2.70. The first kappa shape index (κ1) is 27.5. The van der Waals surface area contributed by atoms with E-state index in [4.69, 9.17) is 6.42 Å². The number of rotatable bonds is 23. The zero-order valence-corrected chi connectivity index (χ0v) is 19.8. The number of nitrogens with zero attached hydrogens (tertiary/aromatic N) is 1. The minimum absolute atomic E-state index is 0.842. The van der Waals surface area contributed by atoms with Crippen LogP contribution in [0.25, 0.3) is 0 Å². The Morgan fingerprint density at radius 3 is 1.04 bits per heavy atom. The van der Waals surface area contributed by atoms with Crippen molar-refractivity contribution in [2.75, 3.05) is 19.6 Å². The van der Waals surface area contributed by atoms with Crippen molar-refractivity contribution in [3.8, 4) is 12.3 Å². The summed E-state index contributed by atoms with van der Waals surface area (Å²) in [6.45, 7) is 7.84. The molecule has 0 rings (SSSR count). The van der Waals surface area contributed by atoms with Crippen LogP contribution in [0.3, 0.4) is 0 Å². The Balaban J connectivity index is 3.42. The Kier molecular flexibility index (Phi) is 24.1. The molecule has 1 heteroatoms. The van der Waals surface area contributed by atoms with E-state index < -0.39 is 0 Å². The number of unbranched alkanes of at least 4 members (excludes halogenated alkanes) is 18. The van der Waals surface area contributed by atoms with Crippen LogP contribution in [0.15, 0.2) is 0 Å². The van der Waals surface area contributed by atoms with E-state index in [0.29, 0.717) is 0 Å². The summed E-state index contributed by atoms with van der Waals surface area (Å²) in [4.78, 5) is 2.51. The average molecular weight is 392 g/mol. The molecule has 0 saturated heterocycles. The van der Waals surface area contributed by atoms with Gasteiger partial charge in [-0.25, -0.2) is 0 Å². The van der Waals surface area contributed by atoms with E-state index in [1.165, 1.54) is 142 Å². The number of hydrogen-bond donors (Lipinski definition) is 0.